The van der Waals surface area contributed by atoms with Gasteiger partial charge in [-0.1, -0.05) is 28.1 Å². The number of fused-ring (bicyclic) bond motifs is 1. The lowest BCUT2D eigenvalue weighted by Crippen LogP contribution is -2.17. The van der Waals surface area contributed by atoms with Crippen LogP contribution >= 0.6 is 15.9 Å². The molecule has 0 aliphatic carbocycles. The SMILES string of the molecule is COc1ccc(Cn2c(C(=O)Nc3cc(F)cc(F)c3)cc3cc(Br)ccc32)cc1. The van der Waals surface area contributed by atoms with E-state index in [9.17, 15) is 13.6 Å². The minimum atomic E-state index is -0.756. The Morgan fingerprint density at radius 2 is 1.70 bits per heavy atom. The van der Waals surface area contributed by atoms with Gasteiger partial charge in [0.2, 0.25) is 0 Å². The number of rotatable bonds is 5. The van der Waals surface area contributed by atoms with Gasteiger partial charge in [-0.25, -0.2) is 8.78 Å². The Morgan fingerprint density at radius 1 is 1.00 bits per heavy atom. The highest BCUT2D eigenvalue weighted by Gasteiger charge is 2.17. The van der Waals surface area contributed by atoms with E-state index in [1.807, 2.05) is 47.0 Å². The average molecular weight is 471 g/mol. The second-order valence-electron chi connectivity index (χ2n) is 6.78. The lowest BCUT2D eigenvalue weighted by atomic mass is 10.2. The van der Waals surface area contributed by atoms with E-state index >= 15 is 0 Å². The van der Waals surface area contributed by atoms with Crippen molar-refractivity contribution in [1.29, 1.82) is 0 Å². The Morgan fingerprint density at radius 3 is 2.37 bits per heavy atom. The quantitative estimate of drug-likeness (QED) is 0.389. The number of carbonyl (C=O) groups excluding carboxylic acids is 1. The second kappa shape index (κ2) is 8.28. The number of aromatic nitrogens is 1. The number of nitrogens with zero attached hydrogens (tertiary/aromatic N) is 1. The van der Waals surface area contributed by atoms with Gasteiger partial charge in [-0.2, -0.15) is 0 Å². The van der Waals surface area contributed by atoms with Crippen LogP contribution in [0.15, 0.2) is 71.2 Å². The van der Waals surface area contributed by atoms with Crippen molar-refractivity contribution < 1.29 is 18.3 Å². The zero-order chi connectivity index (χ0) is 21.3. The molecule has 1 amide bonds. The molecule has 4 aromatic rings. The van der Waals surface area contributed by atoms with Crippen LogP contribution in [-0.2, 0) is 6.54 Å². The summed E-state index contributed by atoms with van der Waals surface area (Å²) >= 11 is 3.45. The van der Waals surface area contributed by atoms with Crippen molar-refractivity contribution in [2.24, 2.45) is 0 Å². The molecule has 0 radical (unpaired) electrons. The number of nitrogens with one attached hydrogen (secondary N) is 1. The predicted octanol–water partition coefficient (Wildman–Crippen LogP) is 5.99. The lowest BCUT2D eigenvalue weighted by molar-refractivity contribution is 0.101. The standard InChI is InChI=1S/C23H17BrF2N2O2/c1-30-20-5-2-14(3-6-20)13-28-21-7-4-16(24)8-15(21)9-22(28)23(29)27-19-11-17(25)10-18(26)12-19/h2-12H,13H2,1H3,(H,27,29). The highest BCUT2D eigenvalue weighted by molar-refractivity contribution is 9.10. The number of benzene rings is 3. The molecular formula is C23H17BrF2N2O2. The molecule has 0 unspecified atom stereocenters. The Hall–Kier alpha value is -3.19. The number of halogens is 3. The van der Waals surface area contributed by atoms with Crippen molar-refractivity contribution in [3.63, 3.8) is 0 Å². The fourth-order valence-corrected chi connectivity index (χ4v) is 3.71. The zero-order valence-electron chi connectivity index (χ0n) is 16.0. The number of hydrogen-bond donors (Lipinski definition) is 1. The monoisotopic (exact) mass is 470 g/mol. The minimum absolute atomic E-state index is 0.0555. The molecule has 1 aromatic heterocycles. The number of methoxy groups -OCH3 is 1. The van der Waals surface area contributed by atoms with E-state index in [2.05, 4.69) is 21.2 Å². The normalized spacial score (nSPS) is 10.9. The summed E-state index contributed by atoms with van der Waals surface area (Å²) in [6, 6.07) is 18.0. The summed E-state index contributed by atoms with van der Waals surface area (Å²) in [4.78, 5) is 13.0. The van der Waals surface area contributed by atoms with Crippen LogP contribution in [0.4, 0.5) is 14.5 Å². The van der Waals surface area contributed by atoms with E-state index in [0.29, 0.717) is 12.2 Å². The van der Waals surface area contributed by atoms with Gasteiger partial charge < -0.3 is 14.6 Å². The molecule has 0 atom stereocenters. The highest BCUT2D eigenvalue weighted by atomic mass is 79.9. The molecular weight excluding hydrogens is 454 g/mol. The van der Waals surface area contributed by atoms with Gasteiger partial charge in [0.15, 0.2) is 0 Å². The Labute approximate surface area is 180 Å². The number of anilines is 1. The van der Waals surface area contributed by atoms with Gasteiger partial charge in [0.25, 0.3) is 5.91 Å². The molecule has 4 nitrogen and oxygen atoms in total. The van der Waals surface area contributed by atoms with Gasteiger partial charge in [-0.15, -0.1) is 0 Å². The summed E-state index contributed by atoms with van der Waals surface area (Å²) in [5, 5.41) is 3.46. The fraction of sp³-hybridized carbons (Fsp3) is 0.0870. The Bertz CT molecular complexity index is 1220. The molecule has 0 aliphatic rings. The molecule has 0 saturated carbocycles. The minimum Gasteiger partial charge on any atom is -0.497 e. The summed E-state index contributed by atoms with van der Waals surface area (Å²) in [6.07, 6.45) is 0. The van der Waals surface area contributed by atoms with Gasteiger partial charge >= 0.3 is 0 Å². The molecule has 1 N–H and O–H groups in total. The summed E-state index contributed by atoms with van der Waals surface area (Å²) < 4.78 is 35.0. The first-order valence-corrected chi connectivity index (χ1v) is 9.91. The Kier molecular flexibility index (Phi) is 5.55. The van der Waals surface area contributed by atoms with E-state index in [1.165, 1.54) is 0 Å². The molecule has 0 fully saturated rings. The molecule has 4 rings (SSSR count). The van der Waals surface area contributed by atoms with E-state index in [1.54, 1.807) is 13.2 Å². The number of ether oxygens (including phenoxy) is 1. The summed E-state index contributed by atoms with van der Waals surface area (Å²) in [7, 11) is 1.60. The van der Waals surface area contributed by atoms with Gasteiger partial charge in [-0.3, -0.25) is 4.79 Å². The zero-order valence-corrected chi connectivity index (χ0v) is 17.5. The summed E-state index contributed by atoms with van der Waals surface area (Å²) in [5.74, 6) is -1.23. The lowest BCUT2D eigenvalue weighted by Gasteiger charge is -2.12. The molecule has 3 aromatic carbocycles. The van der Waals surface area contributed by atoms with E-state index < -0.39 is 17.5 Å². The second-order valence-corrected chi connectivity index (χ2v) is 7.69. The van der Waals surface area contributed by atoms with Crippen LogP contribution in [0, 0.1) is 11.6 Å². The molecule has 0 aliphatic heterocycles. The molecule has 7 heteroatoms. The van der Waals surface area contributed by atoms with Gasteiger partial charge in [0.05, 0.1) is 7.11 Å². The van der Waals surface area contributed by atoms with E-state index in [4.69, 9.17) is 4.74 Å². The van der Waals surface area contributed by atoms with Crippen molar-refractivity contribution in [3.05, 3.63) is 94.1 Å². The third-order valence-electron chi connectivity index (χ3n) is 4.72. The number of hydrogen-bond acceptors (Lipinski definition) is 2. The van der Waals surface area contributed by atoms with Crippen molar-refractivity contribution in [2.45, 2.75) is 6.54 Å². The van der Waals surface area contributed by atoms with Gasteiger partial charge in [-0.05, 0) is 54.1 Å². The highest BCUT2D eigenvalue weighted by Crippen LogP contribution is 2.26. The fourth-order valence-electron chi connectivity index (χ4n) is 3.33. The number of amides is 1. The van der Waals surface area contributed by atoms with Crippen molar-refractivity contribution in [2.75, 3.05) is 12.4 Å². The first kappa shape index (κ1) is 20.1. The van der Waals surface area contributed by atoms with Crippen LogP contribution in [0.5, 0.6) is 5.75 Å². The van der Waals surface area contributed by atoms with Crippen LogP contribution in [0.25, 0.3) is 10.9 Å². The van der Waals surface area contributed by atoms with Crippen LogP contribution in [-0.4, -0.2) is 17.6 Å². The van der Waals surface area contributed by atoms with Gasteiger partial charge in [0, 0.05) is 33.7 Å². The van der Waals surface area contributed by atoms with Crippen LogP contribution in [0.3, 0.4) is 0 Å². The topological polar surface area (TPSA) is 43.3 Å². The third-order valence-corrected chi connectivity index (χ3v) is 5.21. The van der Waals surface area contributed by atoms with Crippen LogP contribution in [0.1, 0.15) is 16.1 Å². The maximum absolute atomic E-state index is 13.5. The first-order chi connectivity index (χ1) is 14.4. The van der Waals surface area contributed by atoms with E-state index in [0.717, 1.165) is 44.9 Å². The van der Waals surface area contributed by atoms with Crippen LogP contribution in [0.2, 0.25) is 0 Å². The molecule has 30 heavy (non-hydrogen) atoms. The smallest absolute Gasteiger partial charge is 0.272 e. The maximum atomic E-state index is 13.5. The van der Waals surface area contributed by atoms with Crippen LogP contribution < -0.4 is 10.1 Å². The van der Waals surface area contributed by atoms with E-state index in [-0.39, 0.29) is 5.69 Å². The molecule has 1 heterocycles. The molecule has 152 valence electrons. The maximum Gasteiger partial charge on any atom is 0.272 e. The van der Waals surface area contributed by atoms with Crippen molar-refractivity contribution in [3.8, 4) is 5.75 Å². The van der Waals surface area contributed by atoms with Crippen molar-refractivity contribution >= 4 is 38.4 Å². The molecule has 0 spiro atoms. The largest absolute Gasteiger partial charge is 0.497 e. The summed E-state index contributed by atoms with van der Waals surface area (Å²) in [6.45, 7) is 0.440. The first-order valence-electron chi connectivity index (χ1n) is 9.12. The van der Waals surface area contributed by atoms with Crippen molar-refractivity contribution in [1.82, 2.24) is 4.57 Å². The molecule has 0 saturated heterocycles. The average Bonchev–Trinajstić information content (AvgIpc) is 3.05. The Balaban J connectivity index is 1.73. The number of carbonyl (C=O) groups is 1. The molecule has 0 bridgehead atoms. The summed E-state index contributed by atoms with van der Waals surface area (Å²) in [5.41, 5.74) is 2.27. The predicted molar refractivity (Wildman–Crippen MR) is 116 cm³/mol. The van der Waals surface area contributed by atoms with Gasteiger partial charge in [0.1, 0.15) is 23.1 Å². The third kappa shape index (κ3) is 4.21.